The molecule has 2 N–H and O–H groups in total. The van der Waals surface area contributed by atoms with Gasteiger partial charge >= 0.3 is 0 Å². The first-order valence-electron chi connectivity index (χ1n) is 10.4. The van der Waals surface area contributed by atoms with Crippen molar-refractivity contribution in [2.24, 2.45) is 0 Å². The first kappa shape index (κ1) is 21.8. The highest BCUT2D eigenvalue weighted by Gasteiger charge is 2.20. The Morgan fingerprint density at radius 2 is 2.03 bits per heavy atom. The van der Waals surface area contributed by atoms with E-state index in [1.807, 2.05) is 6.07 Å². The van der Waals surface area contributed by atoms with Crippen LogP contribution in [0.25, 0.3) is 16.8 Å². The SMILES string of the molecule is CNS(=O)(=O)c1ccc(-c2cnc(NCc3c(F)ccc4c3CCO4)n3cc(C#N)nc23)cc1. The molecule has 0 amide bonds. The number of aromatic nitrogens is 3. The van der Waals surface area contributed by atoms with Crippen molar-refractivity contribution >= 4 is 21.6 Å². The highest BCUT2D eigenvalue weighted by atomic mass is 32.2. The van der Waals surface area contributed by atoms with Gasteiger partial charge in [-0.25, -0.2) is 27.5 Å². The van der Waals surface area contributed by atoms with Gasteiger partial charge in [0, 0.05) is 35.9 Å². The maximum absolute atomic E-state index is 14.5. The van der Waals surface area contributed by atoms with Crippen molar-refractivity contribution in [2.45, 2.75) is 17.9 Å². The molecule has 5 rings (SSSR count). The third-order valence-corrected chi connectivity index (χ3v) is 7.14. The van der Waals surface area contributed by atoms with Crippen molar-refractivity contribution in [3.05, 3.63) is 71.4 Å². The molecule has 0 atom stereocenters. The lowest BCUT2D eigenvalue weighted by Crippen LogP contribution is -2.18. The number of sulfonamides is 1. The van der Waals surface area contributed by atoms with E-state index in [-0.39, 0.29) is 23.0 Å². The molecule has 0 saturated heterocycles. The van der Waals surface area contributed by atoms with Crippen LogP contribution in [0.3, 0.4) is 0 Å². The number of fused-ring (bicyclic) bond motifs is 2. The average molecular weight is 479 g/mol. The van der Waals surface area contributed by atoms with Crippen LogP contribution >= 0.6 is 0 Å². The van der Waals surface area contributed by atoms with Gasteiger partial charge in [-0.05, 0) is 36.9 Å². The van der Waals surface area contributed by atoms with Crippen LogP contribution in [0.2, 0.25) is 0 Å². The van der Waals surface area contributed by atoms with Crippen molar-refractivity contribution in [3.8, 4) is 22.9 Å². The van der Waals surface area contributed by atoms with Crippen molar-refractivity contribution < 1.29 is 17.5 Å². The summed E-state index contributed by atoms with van der Waals surface area (Å²) in [4.78, 5) is 8.99. The van der Waals surface area contributed by atoms with Gasteiger partial charge in [0.15, 0.2) is 11.3 Å². The largest absolute Gasteiger partial charge is 0.493 e. The molecule has 2 aromatic carbocycles. The summed E-state index contributed by atoms with van der Waals surface area (Å²) in [6.45, 7) is 0.695. The van der Waals surface area contributed by atoms with E-state index >= 15 is 0 Å². The lowest BCUT2D eigenvalue weighted by Gasteiger charge is -2.13. The van der Waals surface area contributed by atoms with Gasteiger partial charge in [-0.3, -0.25) is 4.40 Å². The number of ether oxygens (including phenoxy) is 1. The first-order valence-corrected chi connectivity index (χ1v) is 11.9. The van der Waals surface area contributed by atoms with E-state index in [0.717, 1.165) is 5.56 Å². The number of rotatable bonds is 6. The molecule has 11 heteroatoms. The molecule has 34 heavy (non-hydrogen) atoms. The third kappa shape index (κ3) is 3.72. The second kappa shape index (κ2) is 8.40. The molecule has 3 heterocycles. The fraction of sp³-hybridized carbons (Fsp3) is 0.174. The molecule has 0 saturated carbocycles. The van der Waals surface area contributed by atoms with Crippen LogP contribution < -0.4 is 14.8 Å². The van der Waals surface area contributed by atoms with Gasteiger partial charge < -0.3 is 10.1 Å². The number of nitrogens with zero attached hydrogens (tertiary/aromatic N) is 4. The maximum atomic E-state index is 14.5. The normalized spacial score (nSPS) is 12.9. The summed E-state index contributed by atoms with van der Waals surface area (Å²) in [7, 11) is -2.22. The molecule has 0 fully saturated rings. The zero-order valence-corrected chi connectivity index (χ0v) is 18.9. The zero-order chi connectivity index (χ0) is 23.9. The number of halogens is 1. The molecule has 4 aromatic rings. The molecular formula is C23H19FN6O3S. The highest BCUT2D eigenvalue weighted by molar-refractivity contribution is 7.89. The van der Waals surface area contributed by atoms with Crippen LogP contribution in [0, 0.1) is 17.1 Å². The average Bonchev–Trinajstić information content (AvgIpc) is 3.51. The molecule has 1 aliphatic heterocycles. The van der Waals surface area contributed by atoms with Crippen molar-refractivity contribution in [2.75, 3.05) is 19.0 Å². The smallest absolute Gasteiger partial charge is 0.240 e. The molecule has 0 bridgehead atoms. The van der Waals surface area contributed by atoms with E-state index < -0.39 is 10.0 Å². The number of benzene rings is 2. The Hall–Kier alpha value is -4.01. The van der Waals surface area contributed by atoms with Gasteiger partial charge in [0.2, 0.25) is 16.0 Å². The molecular weight excluding hydrogens is 459 g/mol. The standard InChI is InChI=1S/C23H19FN6O3S/c1-26-34(31,32)16-4-2-14(3-5-16)18-11-27-23(30-13-15(10-25)29-22(18)30)28-12-19-17-8-9-33-21(17)7-6-20(19)24/h2-7,11,13,26H,8-9,12H2,1H3,(H,27,28). The summed E-state index contributed by atoms with van der Waals surface area (Å²) in [6.07, 6.45) is 3.76. The van der Waals surface area contributed by atoms with E-state index in [1.165, 1.54) is 25.2 Å². The third-order valence-electron chi connectivity index (χ3n) is 5.71. The lowest BCUT2D eigenvalue weighted by molar-refractivity contribution is 0.356. The number of nitriles is 1. The Morgan fingerprint density at radius 3 is 2.76 bits per heavy atom. The van der Waals surface area contributed by atoms with Gasteiger partial charge in [0.25, 0.3) is 0 Å². The minimum Gasteiger partial charge on any atom is -0.493 e. The Morgan fingerprint density at radius 1 is 1.24 bits per heavy atom. The van der Waals surface area contributed by atoms with Gasteiger partial charge in [0.05, 0.1) is 17.7 Å². The van der Waals surface area contributed by atoms with E-state index in [4.69, 9.17) is 4.74 Å². The molecule has 2 aromatic heterocycles. The number of anilines is 1. The summed E-state index contributed by atoms with van der Waals surface area (Å²) in [5.74, 6) is 0.743. The van der Waals surface area contributed by atoms with Gasteiger partial charge in [-0.15, -0.1) is 0 Å². The van der Waals surface area contributed by atoms with Crippen LogP contribution in [0.15, 0.2) is 53.7 Å². The second-order valence-electron chi connectivity index (χ2n) is 7.61. The zero-order valence-electron chi connectivity index (χ0n) is 18.0. The van der Waals surface area contributed by atoms with Crippen molar-refractivity contribution in [3.63, 3.8) is 0 Å². The van der Waals surface area contributed by atoms with Crippen LogP contribution in [0.5, 0.6) is 5.75 Å². The fourth-order valence-corrected chi connectivity index (χ4v) is 4.70. The van der Waals surface area contributed by atoms with Crippen LogP contribution in [0.4, 0.5) is 10.3 Å². The van der Waals surface area contributed by atoms with Crippen LogP contribution in [-0.4, -0.2) is 36.4 Å². The van der Waals surface area contributed by atoms with E-state index in [0.29, 0.717) is 47.1 Å². The summed E-state index contributed by atoms with van der Waals surface area (Å²) >= 11 is 0. The molecule has 0 aliphatic carbocycles. The van der Waals surface area contributed by atoms with Crippen molar-refractivity contribution in [1.29, 1.82) is 5.26 Å². The molecule has 0 spiro atoms. The number of hydrogen-bond acceptors (Lipinski definition) is 7. The van der Waals surface area contributed by atoms with Crippen molar-refractivity contribution in [1.82, 2.24) is 19.1 Å². The Labute approximate surface area is 194 Å². The molecule has 9 nitrogen and oxygen atoms in total. The molecule has 0 radical (unpaired) electrons. The van der Waals surface area contributed by atoms with E-state index in [2.05, 4.69) is 20.0 Å². The topological polar surface area (TPSA) is 121 Å². The monoisotopic (exact) mass is 478 g/mol. The lowest BCUT2D eigenvalue weighted by atomic mass is 10.0. The number of imidazole rings is 1. The Kier molecular flexibility index (Phi) is 5.39. The predicted octanol–water partition coefficient (Wildman–Crippen LogP) is 2.86. The maximum Gasteiger partial charge on any atom is 0.240 e. The van der Waals surface area contributed by atoms with Gasteiger partial charge in [-0.1, -0.05) is 12.1 Å². The highest BCUT2D eigenvalue weighted by Crippen LogP contribution is 2.31. The minimum absolute atomic E-state index is 0.128. The van der Waals surface area contributed by atoms with Gasteiger partial charge in [-0.2, -0.15) is 5.26 Å². The number of hydrogen-bond donors (Lipinski definition) is 2. The first-order chi connectivity index (χ1) is 16.4. The predicted molar refractivity (Wildman–Crippen MR) is 122 cm³/mol. The van der Waals surface area contributed by atoms with Gasteiger partial charge in [0.1, 0.15) is 17.6 Å². The Bertz CT molecular complexity index is 1560. The Balaban J connectivity index is 1.52. The second-order valence-corrected chi connectivity index (χ2v) is 9.50. The quantitative estimate of drug-likeness (QED) is 0.437. The van der Waals surface area contributed by atoms with Crippen LogP contribution in [0.1, 0.15) is 16.8 Å². The molecule has 0 unspecified atom stereocenters. The van der Waals surface area contributed by atoms with Crippen LogP contribution in [-0.2, 0) is 23.0 Å². The summed E-state index contributed by atoms with van der Waals surface area (Å²) in [5.41, 5.74) is 3.28. The van der Waals surface area contributed by atoms with E-state index in [1.54, 1.807) is 35.0 Å². The van der Waals surface area contributed by atoms with E-state index in [9.17, 15) is 18.1 Å². The molecule has 1 aliphatic rings. The summed E-state index contributed by atoms with van der Waals surface area (Å²) in [6, 6.07) is 11.3. The molecule has 172 valence electrons. The minimum atomic E-state index is -3.57. The summed E-state index contributed by atoms with van der Waals surface area (Å²) in [5, 5.41) is 12.5. The summed E-state index contributed by atoms with van der Waals surface area (Å²) < 4.78 is 48.0. The number of nitrogens with one attached hydrogen (secondary N) is 2. The fourth-order valence-electron chi connectivity index (χ4n) is 3.97.